The molecule has 8 nitrogen and oxygen atoms in total. The Bertz CT molecular complexity index is 1070. The second-order valence-corrected chi connectivity index (χ2v) is 7.66. The number of rotatable bonds is 5. The number of benzene rings is 1. The molecule has 0 saturated heterocycles. The number of non-ortho nitro benzene ring substituents is 1. The Hall–Kier alpha value is -3.42. The van der Waals surface area contributed by atoms with E-state index >= 15 is 0 Å². The van der Waals surface area contributed by atoms with Crippen molar-refractivity contribution in [3.63, 3.8) is 0 Å². The van der Waals surface area contributed by atoms with Crippen LogP contribution in [0.4, 0.5) is 5.69 Å². The Kier molecular flexibility index (Phi) is 5.28. The normalized spacial score (nSPS) is 14.9. The van der Waals surface area contributed by atoms with Crippen LogP contribution >= 0.6 is 0 Å². The topological polar surface area (TPSA) is 103 Å². The molecule has 3 rings (SSSR count). The van der Waals surface area contributed by atoms with Crippen molar-refractivity contribution in [2.75, 3.05) is 6.54 Å². The first-order valence-electron chi connectivity index (χ1n) is 9.29. The van der Waals surface area contributed by atoms with Crippen molar-refractivity contribution in [3.8, 4) is 5.75 Å². The van der Waals surface area contributed by atoms with Crippen molar-refractivity contribution in [3.05, 3.63) is 74.2 Å². The van der Waals surface area contributed by atoms with Crippen LogP contribution < -0.4 is 15.6 Å². The zero-order valence-corrected chi connectivity index (χ0v) is 16.8. The number of nitrogens with one attached hydrogen (secondary N) is 1. The van der Waals surface area contributed by atoms with Crippen molar-refractivity contribution in [2.45, 2.75) is 33.3 Å². The Labute approximate surface area is 168 Å². The van der Waals surface area contributed by atoms with E-state index in [1.54, 1.807) is 32.2 Å². The van der Waals surface area contributed by atoms with E-state index in [4.69, 9.17) is 4.74 Å². The molecule has 0 radical (unpaired) electrons. The quantitative estimate of drug-likeness (QED) is 0.617. The van der Waals surface area contributed by atoms with Gasteiger partial charge in [-0.2, -0.15) is 0 Å². The summed E-state index contributed by atoms with van der Waals surface area (Å²) in [6.45, 7) is 7.38. The number of ether oxygens (including phenoxy) is 1. The molecule has 0 saturated carbocycles. The number of carbonyl (C=O) groups is 1. The molecule has 2 aromatic rings. The maximum absolute atomic E-state index is 12.6. The van der Waals surface area contributed by atoms with Crippen molar-refractivity contribution < 1.29 is 14.5 Å². The zero-order chi connectivity index (χ0) is 21.3. The molecule has 1 aromatic heterocycles. The van der Waals surface area contributed by atoms with Crippen LogP contribution in [0.3, 0.4) is 0 Å². The fourth-order valence-corrected chi connectivity index (χ4v) is 3.25. The first kappa shape index (κ1) is 20.3. The van der Waals surface area contributed by atoms with Crippen molar-refractivity contribution >= 4 is 17.3 Å². The number of pyridine rings is 1. The number of aromatic nitrogens is 1. The van der Waals surface area contributed by atoms with Crippen LogP contribution in [-0.4, -0.2) is 27.5 Å². The van der Waals surface area contributed by atoms with Gasteiger partial charge in [-0.05, 0) is 26.0 Å². The number of nitro groups is 1. The van der Waals surface area contributed by atoms with E-state index in [0.717, 1.165) is 0 Å². The third kappa shape index (κ3) is 3.91. The van der Waals surface area contributed by atoms with Gasteiger partial charge in [0.05, 0.1) is 10.6 Å². The summed E-state index contributed by atoms with van der Waals surface area (Å²) in [6, 6.07) is 9.04. The zero-order valence-electron chi connectivity index (χ0n) is 16.8. The molecule has 0 bridgehead atoms. The molecular weight excluding hydrogens is 374 g/mol. The maximum Gasteiger partial charge on any atom is 0.270 e. The Morgan fingerprint density at radius 2 is 2.00 bits per heavy atom. The van der Waals surface area contributed by atoms with Crippen LogP contribution in [0.15, 0.2) is 53.0 Å². The fraction of sp³-hybridized carbons (Fsp3) is 0.333. The standard InChI is InChI=1S/C21H23N3O5/c1-13(2)20(26)22-12-16-19(23-10-6-5-7-18(23)25)15-11-14(24(27)28)8-9-17(15)29-21(16,3)4/h5-11,13H,12H2,1-4H3,(H,22,26). The highest BCUT2D eigenvalue weighted by Gasteiger charge is 2.37. The lowest BCUT2D eigenvalue weighted by molar-refractivity contribution is -0.384. The Morgan fingerprint density at radius 3 is 2.62 bits per heavy atom. The first-order valence-corrected chi connectivity index (χ1v) is 9.29. The molecule has 1 aliphatic heterocycles. The fourth-order valence-electron chi connectivity index (χ4n) is 3.25. The van der Waals surface area contributed by atoms with Crippen molar-refractivity contribution in [1.29, 1.82) is 0 Å². The summed E-state index contributed by atoms with van der Waals surface area (Å²) < 4.78 is 7.54. The summed E-state index contributed by atoms with van der Waals surface area (Å²) in [7, 11) is 0. The van der Waals surface area contributed by atoms with E-state index in [1.807, 2.05) is 13.8 Å². The Morgan fingerprint density at radius 1 is 1.28 bits per heavy atom. The van der Waals surface area contributed by atoms with Gasteiger partial charge in [0.2, 0.25) is 5.91 Å². The van der Waals surface area contributed by atoms with Gasteiger partial charge in [-0.3, -0.25) is 24.3 Å². The number of nitrogens with zero attached hydrogens (tertiary/aromatic N) is 2. The van der Waals surface area contributed by atoms with Gasteiger partial charge in [0.1, 0.15) is 11.4 Å². The predicted molar refractivity (Wildman–Crippen MR) is 109 cm³/mol. The van der Waals surface area contributed by atoms with E-state index in [9.17, 15) is 19.7 Å². The van der Waals surface area contributed by atoms with Gasteiger partial charge in [-0.25, -0.2) is 0 Å². The lowest BCUT2D eigenvalue weighted by atomic mass is 9.88. The third-order valence-electron chi connectivity index (χ3n) is 4.83. The molecule has 8 heteroatoms. The molecular formula is C21H23N3O5. The predicted octanol–water partition coefficient (Wildman–Crippen LogP) is 2.96. The monoisotopic (exact) mass is 397 g/mol. The summed E-state index contributed by atoms with van der Waals surface area (Å²) in [4.78, 5) is 35.6. The number of nitro benzene ring substituents is 1. The highest BCUT2D eigenvalue weighted by Crippen LogP contribution is 2.42. The molecule has 2 heterocycles. The van der Waals surface area contributed by atoms with Crippen LogP contribution in [0.25, 0.3) is 5.70 Å². The summed E-state index contributed by atoms with van der Waals surface area (Å²) >= 11 is 0. The molecule has 0 aliphatic carbocycles. The number of carbonyl (C=O) groups excluding carboxylic acids is 1. The Balaban J connectivity index is 2.28. The van der Waals surface area contributed by atoms with Gasteiger partial charge in [0, 0.05) is 48.0 Å². The summed E-state index contributed by atoms with van der Waals surface area (Å²) in [6.07, 6.45) is 1.60. The van der Waals surface area contributed by atoms with Gasteiger partial charge in [0.25, 0.3) is 11.2 Å². The van der Waals surface area contributed by atoms with Crippen LogP contribution in [-0.2, 0) is 4.79 Å². The third-order valence-corrected chi connectivity index (χ3v) is 4.83. The van der Waals surface area contributed by atoms with Gasteiger partial charge in [-0.15, -0.1) is 0 Å². The summed E-state index contributed by atoms with van der Waals surface area (Å²) in [5.74, 6) is 0.0858. The van der Waals surface area contributed by atoms with Crippen LogP contribution in [0, 0.1) is 16.0 Å². The minimum atomic E-state index is -0.849. The van der Waals surface area contributed by atoms with Gasteiger partial charge < -0.3 is 10.1 Å². The molecule has 1 amide bonds. The molecule has 1 N–H and O–H groups in total. The summed E-state index contributed by atoms with van der Waals surface area (Å²) in [5, 5.41) is 14.2. The summed E-state index contributed by atoms with van der Waals surface area (Å²) in [5.41, 5.74) is 0.310. The second-order valence-electron chi connectivity index (χ2n) is 7.66. The van der Waals surface area contributed by atoms with Gasteiger partial charge in [0.15, 0.2) is 0 Å². The van der Waals surface area contributed by atoms with Gasteiger partial charge in [-0.1, -0.05) is 19.9 Å². The molecule has 0 spiro atoms. The molecule has 0 fully saturated rings. The van der Waals surface area contributed by atoms with E-state index < -0.39 is 10.5 Å². The van der Waals surface area contributed by atoms with Crippen LogP contribution in [0.1, 0.15) is 33.3 Å². The maximum atomic E-state index is 12.6. The number of fused-ring (bicyclic) bond motifs is 1. The van der Waals surface area contributed by atoms with Gasteiger partial charge >= 0.3 is 0 Å². The highest BCUT2D eigenvalue weighted by atomic mass is 16.6. The lowest BCUT2D eigenvalue weighted by Gasteiger charge is -2.37. The highest BCUT2D eigenvalue weighted by molar-refractivity contribution is 5.81. The number of hydrogen-bond acceptors (Lipinski definition) is 5. The molecule has 0 unspecified atom stereocenters. The van der Waals surface area contributed by atoms with E-state index in [1.165, 1.54) is 28.8 Å². The van der Waals surface area contributed by atoms with Crippen LogP contribution in [0.2, 0.25) is 0 Å². The molecule has 1 aliphatic rings. The second kappa shape index (κ2) is 7.54. The van der Waals surface area contributed by atoms with E-state index in [-0.39, 0.29) is 29.6 Å². The van der Waals surface area contributed by atoms with Crippen molar-refractivity contribution in [1.82, 2.24) is 9.88 Å². The number of amides is 1. The minimum absolute atomic E-state index is 0.112. The molecule has 29 heavy (non-hydrogen) atoms. The average Bonchev–Trinajstić information content (AvgIpc) is 2.65. The van der Waals surface area contributed by atoms with E-state index in [0.29, 0.717) is 22.6 Å². The molecule has 152 valence electrons. The SMILES string of the molecule is CC(C)C(=O)NCC1=C(n2ccccc2=O)c2cc([N+](=O)[O-])ccc2OC1(C)C. The van der Waals surface area contributed by atoms with E-state index in [2.05, 4.69) is 5.32 Å². The average molecular weight is 397 g/mol. The smallest absolute Gasteiger partial charge is 0.270 e. The lowest BCUT2D eigenvalue weighted by Crippen LogP contribution is -2.43. The number of hydrogen-bond donors (Lipinski definition) is 1. The molecule has 0 atom stereocenters. The molecule has 1 aromatic carbocycles. The van der Waals surface area contributed by atoms with Crippen molar-refractivity contribution in [2.24, 2.45) is 5.92 Å². The largest absolute Gasteiger partial charge is 0.483 e. The minimum Gasteiger partial charge on any atom is -0.483 e. The first-order chi connectivity index (χ1) is 13.6. The van der Waals surface area contributed by atoms with Crippen LogP contribution in [0.5, 0.6) is 5.75 Å².